The average molecular weight is 500 g/mol. The summed E-state index contributed by atoms with van der Waals surface area (Å²) in [6, 6.07) is 11.8. The van der Waals surface area contributed by atoms with Crippen LogP contribution in [0.25, 0.3) is 28.0 Å². The highest BCUT2D eigenvalue weighted by Gasteiger charge is 2.30. The number of fused-ring (bicyclic) bond motifs is 1. The molecular weight excluding hydrogens is 469 g/mol. The van der Waals surface area contributed by atoms with Gasteiger partial charge < -0.3 is 14.7 Å². The van der Waals surface area contributed by atoms with Crippen LogP contribution < -0.4 is 4.90 Å². The zero-order valence-corrected chi connectivity index (χ0v) is 21.1. The molecule has 0 atom stereocenters. The third kappa shape index (κ3) is 4.44. The second-order valence-electron chi connectivity index (χ2n) is 10.1. The maximum atomic E-state index is 14.0. The number of hydrogen-bond acceptors (Lipinski definition) is 6. The Kier molecular flexibility index (Phi) is 6.08. The van der Waals surface area contributed by atoms with Crippen molar-refractivity contribution in [3.8, 4) is 22.5 Å². The van der Waals surface area contributed by atoms with E-state index in [1.807, 2.05) is 39.7 Å². The quantitative estimate of drug-likeness (QED) is 0.414. The zero-order chi connectivity index (χ0) is 25.5. The number of likely N-dealkylation sites (tertiary alicyclic amines) is 1. The van der Waals surface area contributed by atoms with E-state index in [1.165, 1.54) is 18.7 Å². The second kappa shape index (κ2) is 9.55. The van der Waals surface area contributed by atoms with Crippen molar-refractivity contribution in [2.45, 2.75) is 25.3 Å². The average Bonchev–Trinajstić information content (AvgIpc) is 3.32. The van der Waals surface area contributed by atoms with Gasteiger partial charge in [-0.3, -0.25) is 9.78 Å². The van der Waals surface area contributed by atoms with Gasteiger partial charge in [-0.1, -0.05) is 6.07 Å². The number of amides is 1. The molecule has 2 aliphatic heterocycles. The zero-order valence-electron chi connectivity index (χ0n) is 21.1. The van der Waals surface area contributed by atoms with Gasteiger partial charge in [0.2, 0.25) is 0 Å². The summed E-state index contributed by atoms with van der Waals surface area (Å²) < 4.78 is 15.9. The summed E-state index contributed by atoms with van der Waals surface area (Å²) in [5.41, 5.74) is 4.38. The van der Waals surface area contributed by atoms with Crippen molar-refractivity contribution in [2.75, 3.05) is 45.2 Å². The number of pyridine rings is 3. The first-order chi connectivity index (χ1) is 18.0. The normalized spacial score (nSPS) is 16.4. The van der Waals surface area contributed by atoms with Crippen LogP contribution in [0.2, 0.25) is 0 Å². The molecule has 0 N–H and O–H groups in total. The van der Waals surface area contributed by atoms with Gasteiger partial charge in [-0.15, -0.1) is 0 Å². The number of carbonyl (C=O) groups is 1. The van der Waals surface area contributed by atoms with Crippen LogP contribution in [0.15, 0.2) is 55.0 Å². The molecule has 2 aliphatic rings. The van der Waals surface area contributed by atoms with Gasteiger partial charge in [0.25, 0.3) is 5.91 Å². The van der Waals surface area contributed by atoms with Crippen LogP contribution in [0.5, 0.6) is 0 Å². The van der Waals surface area contributed by atoms with E-state index in [1.54, 1.807) is 12.4 Å². The van der Waals surface area contributed by atoms with E-state index in [9.17, 15) is 9.18 Å². The van der Waals surface area contributed by atoms with Crippen LogP contribution >= 0.6 is 0 Å². The highest BCUT2D eigenvalue weighted by molar-refractivity contribution is 6.01. The van der Waals surface area contributed by atoms with Crippen molar-refractivity contribution in [3.63, 3.8) is 0 Å². The Morgan fingerprint density at radius 3 is 2.57 bits per heavy atom. The van der Waals surface area contributed by atoms with E-state index < -0.39 is 5.82 Å². The van der Waals surface area contributed by atoms with Crippen molar-refractivity contribution in [1.82, 2.24) is 29.4 Å². The van der Waals surface area contributed by atoms with E-state index in [-0.39, 0.29) is 5.91 Å². The summed E-state index contributed by atoms with van der Waals surface area (Å²) in [4.78, 5) is 28.5. The van der Waals surface area contributed by atoms with E-state index in [0.29, 0.717) is 22.9 Å². The van der Waals surface area contributed by atoms with Crippen molar-refractivity contribution < 1.29 is 9.18 Å². The predicted octanol–water partition coefficient (Wildman–Crippen LogP) is 3.97. The lowest BCUT2D eigenvalue weighted by Crippen LogP contribution is -2.57. The Balaban J connectivity index is 1.43. The summed E-state index contributed by atoms with van der Waals surface area (Å²) in [5, 5.41) is 4.63. The molecule has 0 radical (unpaired) electrons. The molecule has 4 aromatic heterocycles. The summed E-state index contributed by atoms with van der Waals surface area (Å²) in [6.07, 6.45) is 7.74. The Morgan fingerprint density at radius 1 is 1.00 bits per heavy atom. The molecule has 1 amide bonds. The topological polar surface area (TPSA) is 69.9 Å². The smallest absolute Gasteiger partial charge is 0.257 e. The Bertz CT molecular complexity index is 1450. The Morgan fingerprint density at radius 2 is 1.81 bits per heavy atom. The van der Waals surface area contributed by atoms with Crippen LogP contribution in [-0.2, 0) is 0 Å². The number of likely N-dealkylation sites (N-methyl/N-ethyl adjacent to an activating group) is 1. The number of piperidine rings is 1. The van der Waals surface area contributed by atoms with Crippen molar-refractivity contribution in [3.05, 3.63) is 66.4 Å². The molecule has 0 aliphatic carbocycles. The number of rotatable bonds is 5. The first-order valence-electron chi connectivity index (χ1n) is 12.8. The summed E-state index contributed by atoms with van der Waals surface area (Å²) >= 11 is 0. The van der Waals surface area contributed by atoms with Crippen LogP contribution in [0.1, 0.15) is 29.6 Å². The lowest BCUT2D eigenvalue weighted by atomic mass is 10.0. The monoisotopic (exact) mass is 499 g/mol. The van der Waals surface area contributed by atoms with Gasteiger partial charge >= 0.3 is 0 Å². The minimum absolute atomic E-state index is 0.0316. The molecule has 190 valence electrons. The molecule has 4 aromatic rings. The fourth-order valence-electron chi connectivity index (χ4n) is 5.16. The first-order valence-corrected chi connectivity index (χ1v) is 12.8. The van der Waals surface area contributed by atoms with Crippen LogP contribution in [0.4, 0.5) is 10.2 Å². The summed E-state index contributed by atoms with van der Waals surface area (Å²) in [7, 11) is 4.16. The predicted molar refractivity (Wildman–Crippen MR) is 141 cm³/mol. The van der Waals surface area contributed by atoms with Gasteiger partial charge in [0.15, 0.2) is 0 Å². The molecule has 8 nitrogen and oxygen atoms in total. The van der Waals surface area contributed by atoms with Gasteiger partial charge in [-0.05, 0) is 63.7 Å². The molecule has 6 heterocycles. The molecule has 0 bridgehead atoms. The molecule has 6 rings (SSSR count). The highest BCUT2D eigenvalue weighted by Crippen LogP contribution is 2.32. The highest BCUT2D eigenvalue weighted by atomic mass is 19.1. The van der Waals surface area contributed by atoms with E-state index in [4.69, 9.17) is 4.98 Å². The number of hydrogen-bond donors (Lipinski definition) is 0. The third-order valence-corrected chi connectivity index (χ3v) is 7.44. The van der Waals surface area contributed by atoms with Gasteiger partial charge in [-0.2, -0.15) is 5.10 Å². The first kappa shape index (κ1) is 23.5. The minimum atomic E-state index is -0.405. The van der Waals surface area contributed by atoms with Gasteiger partial charge in [-0.25, -0.2) is 13.9 Å². The fraction of sp³-hybridized carbons (Fsp3) is 0.357. The molecule has 9 heteroatoms. The number of aromatic nitrogens is 4. The van der Waals surface area contributed by atoms with Gasteiger partial charge in [0.05, 0.1) is 34.9 Å². The molecule has 2 saturated heterocycles. The molecule has 0 unspecified atom stereocenters. The van der Waals surface area contributed by atoms with Gasteiger partial charge in [0.1, 0.15) is 11.6 Å². The minimum Gasteiger partial charge on any atom is -0.353 e. The molecule has 37 heavy (non-hydrogen) atoms. The van der Waals surface area contributed by atoms with Crippen molar-refractivity contribution in [2.24, 2.45) is 0 Å². The molecule has 0 saturated carbocycles. The van der Waals surface area contributed by atoms with Crippen molar-refractivity contribution >= 4 is 17.2 Å². The van der Waals surface area contributed by atoms with Crippen LogP contribution in [0.3, 0.4) is 0 Å². The lowest BCUT2D eigenvalue weighted by Gasteiger charge is -2.43. The second-order valence-corrected chi connectivity index (χ2v) is 10.1. The van der Waals surface area contributed by atoms with Crippen LogP contribution in [-0.4, -0.2) is 81.6 Å². The van der Waals surface area contributed by atoms with Crippen molar-refractivity contribution in [1.29, 1.82) is 0 Å². The fourth-order valence-corrected chi connectivity index (χ4v) is 5.16. The molecule has 2 fully saturated rings. The number of anilines is 1. The SMILES string of the molecule is CN(C)C1CN(c2cc(-c3cccc4c(C(=O)N5CCCCC5)cnn34)cc(-c3cncc(F)c3)n2)C1. The molecular formula is C28H30FN7O. The maximum Gasteiger partial charge on any atom is 0.257 e. The van der Waals surface area contributed by atoms with Crippen LogP contribution in [0, 0.1) is 5.82 Å². The maximum absolute atomic E-state index is 14.0. The molecule has 0 aromatic carbocycles. The summed E-state index contributed by atoms with van der Waals surface area (Å²) in [6.45, 7) is 3.31. The lowest BCUT2D eigenvalue weighted by molar-refractivity contribution is 0.0726. The van der Waals surface area contributed by atoms with Gasteiger partial charge in [0, 0.05) is 49.5 Å². The van der Waals surface area contributed by atoms with E-state index in [2.05, 4.69) is 34.0 Å². The van der Waals surface area contributed by atoms with E-state index in [0.717, 1.165) is 61.6 Å². The standard InChI is InChI=1S/C28H30FN7O/c1-33(2)22-17-35(18-22)27-13-19(12-24(32-27)20-11-21(29)15-30-14-20)25-7-6-8-26-23(16-31-36(25)26)28(37)34-9-4-3-5-10-34/h6-8,11-16,22H,3-5,9-10,17-18H2,1-2H3. The Hall–Kier alpha value is -3.85. The summed E-state index contributed by atoms with van der Waals surface area (Å²) in [5.74, 6) is 0.450. The number of carbonyl (C=O) groups excluding carboxylic acids is 1. The van der Waals surface area contributed by atoms with E-state index >= 15 is 0 Å². The third-order valence-electron chi connectivity index (χ3n) is 7.44. The number of nitrogens with zero attached hydrogens (tertiary/aromatic N) is 7. The molecule has 0 spiro atoms. The Labute approximate surface area is 215 Å². The largest absolute Gasteiger partial charge is 0.353 e. The number of halogens is 1.